The van der Waals surface area contributed by atoms with E-state index >= 15 is 0 Å². The van der Waals surface area contributed by atoms with E-state index in [1.807, 2.05) is 6.07 Å². The Morgan fingerprint density at radius 1 is 1.27 bits per heavy atom. The van der Waals surface area contributed by atoms with Gasteiger partial charge < -0.3 is 9.52 Å². The maximum absolute atomic E-state index is 10.5. The highest BCUT2D eigenvalue weighted by Crippen LogP contribution is 2.39. The van der Waals surface area contributed by atoms with E-state index in [4.69, 9.17) is 4.42 Å². The van der Waals surface area contributed by atoms with Crippen molar-refractivity contribution in [1.82, 2.24) is 14.9 Å². The SMILES string of the molecule is Oc1c(I)cc2oc3c(c2c1C=Nn1cnnc1)CCCC3. The summed E-state index contributed by atoms with van der Waals surface area (Å²) in [6, 6.07) is 1.89. The average molecular weight is 408 g/mol. The van der Waals surface area contributed by atoms with E-state index < -0.39 is 0 Å². The zero-order valence-electron chi connectivity index (χ0n) is 11.7. The second-order valence-electron chi connectivity index (χ2n) is 5.29. The van der Waals surface area contributed by atoms with Crippen molar-refractivity contribution < 1.29 is 9.52 Å². The molecule has 0 aliphatic heterocycles. The molecule has 0 radical (unpaired) electrons. The summed E-state index contributed by atoms with van der Waals surface area (Å²) < 4.78 is 8.24. The predicted molar refractivity (Wildman–Crippen MR) is 90.3 cm³/mol. The van der Waals surface area contributed by atoms with Crippen LogP contribution in [0.25, 0.3) is 11.0 Å². The lowest BCUT2D eigenvalue weighted by Crippen LogP contribution is -2.00. The van der Waals surface area contributed by atoms with Crippen molar-refractivity contribution in [3.8, 4) is 5.75 Å². The zero-order valence-corrected chi connectivity index (χ0v) is 13.8. The van der Waals surface area contributed by atoms with Crippen molar-refractivity contribution in [2.45, 2.75) is 25.7 Å². The van der Waals surface area contributed by atoms with Gasteiger partial charge in [0.05, 0.1) is 9.78 Å². The van der Waals surface area contributed by atoms with Crippen LogP contribution in [-0.4, -0.2) is 26.2 Å². The Bertz CT molecular complexity index is 868. The van der Waals surface area contributed by atoms with E-state index in [0.717, 1.165) is 46.0 Å². The van der Waals surface area contributed by atoms with Gasteiger partial charge in [0.15, 0.2) is 0 Å². The summed E-state index contributed by atoms with van der Waals surface area (Å²) in [5.41, 5.74) is 2.72. The quantitative estimate of drug-likeness (QED) is 0.523. The van der Waals surface area contributed by atoms with Crippen molar-refractivity contribution in [3.05, 3.63) is 39.2 Å². The monoisotopic (exact) mass is 408 g/mol. The smallest absolute Gasteiger partial charge is 0.141 e. The topological polar surface area (TPSA) is 76.4 Å². The normalized spacial score (nSPS) is 14.8. The number of nitrogens with zero attached hydrogens (tertiary/aromatic N) is 4. The molecule has 3 aromatic rings. The molecule has 1 N–H and O–H groups in total. The lowest BCUT2D eigenvalue weighted by Gasteiger charge is -2.10. The van der Waals surface area contributed by atoms with Crippen LogP contribution < -0.4 is 0 Å². The van der Waals surface area contributed by atoms with Gasteiger partial charge in [0, 0.05) is 22.9 Å². The second-order valence-corrected chi connectivity index (χ2v) is 6.45. The highest BCUT2D eigenvalue weighted by molar-refractivity contribution is 14.1. The summed E-state index contributed by atoms with van der Waals surface area (Å²) >= 11 is 2.11. The molecule has 0 amide bonds. The van der Waals surface area contributed by atoms with Crippen LogP contribution in [0.5, 0.6) is 5.75 Å². The molecule has 0 fully saturated rings. The molecule has 0 saturated carbocycles. The number of hydrogen-bond donors (Lipinski definition) is 1. The summed E-state index contributed by atoms with van der Waals surface area (Å²) in [6.07, 6.45) is 8.90. The molecule has 1 aliphatic carbocycles. The molecule has 0 bridgehead atoms. The average Bonchev–Trinajstić information content (AvgIpc) is 3.15. The van der Waals surface area contributed by atoms with Crippen molar-refractivity contribution >= 4 is 39.8 Å². The van der Waals surface area contributed by atoms with Gasteiger partial charge in [-0.3, -0.25) is 0 Å². The fourth-order valence-electron chi connectivity index (χ4n) is 2.92. The lowest BCUT2D eigenvalue weighted by atomic mass is 9.94. The molecule has 0 spiro atoms. The first-order valence-corrected chi connectivity index (χ1v) is 8.16. The molecule has 4 rings (SSSR count). The van der Waals surface area contributed by atoms with Crippen LogP contribution in [0.3, 0.4) is 0 Å². The largest absolute Gasteiger partial charge is 0.506 e. The molecular weight excluding hydrogens is 395 g/mol. The van der Waals surface area contributed by atoms with Crippen LogP contribution in [0.4, 0.5) is 0 Å². The minimum Gasteiger partial charge on any atom is -0.506 e. The standard InChI is InChI=1S/C15H13IN4O2/c16-11-5-13-14(9-3-1-2-4-12(9)22-13)10(15(11)21)6-19-20-7-17-18-8-20/h5-8,21H,1-4H2. The summed E-state index contributed by atoms with van der Waals surface area (Å²) in [6.45, 7) is 0. The summed E-state index contributed by atoms with van der Waals surface area (Å²) in [4.78, 5) is 0. The molecular formula is C15H13IN4O2. The molecule has 22 heavy (non-hydrogen) atoms. The fourth-order valence-corrected chi connectivity index (χ4v) is 3.49. The molecule has 0 atom stereocenters. The number of aromatic hydroxyl groups is 1. The van der Waals surface area contributed by atoms with Gasteiger partial charge in [-0.05, 0) is 47.9 Å². The van der Waals surface area contributed by atoms with Crippen LogP contribution in [0.1, 0.15) is 29.7 Å². The van der Waals surface area contributed by atoms with Crippen LogP contribution in [-0.2, 0) is 12.8 Å². The van der Waals surface area contributed by atoms with Crippen molar-refractivity contribution in [1.29, 1.82) is 0 Å². The van der Waals surface area contributed by atoms with Gasteiger partial charge in [-0.2, -0.15) is 5.10 Å². The van der Waals surface area contributed by atoms with Crippen molar-refractivity contribution in [2.24, 2.45) is 5.10 Å². The van der Waals surface area contributed by atoms with E-state index in [2.05, 4.69) is 37.9 Å². The maximum atomic E-state index is 10.5. The minimum atomic E-state index is 0.235. The molecule has 1 aromatic carbocycles. The van der Waals surface area contributed by atoms with Gasteiger partial charge in [0.25, 0.3) is 0 Å². The molecule has 1 aliphatic rings. The molecule has 0 saturated heterocycles. The summed E-state index contributed by atoms with van der Waals surface area (Å²) in [5.74, 6) is 1.28. The van der Waals surface area contributed by atoms with Crippen LogP contribution in [0, 0.1) is 3.57 Å². The maximum Gasteiger partial charge on any atom is 0.141 e. The molecule has 7 heteroatoms. The first-order valence-electron chi connectivity index (χ1n) is 7.08. The number of halogens is 1. The molecule has 112 valence electrons. The van der Waals surface area contributed by atoms with E-state index in [9.17, 15) is 5.11 Å². The van der Waals surface area contributed by atoms with Crippen LogP contribution >= 0.6 is 22.6 Å². The van der Waals surface area contributed by atoms with Gasteiger partial charge >= 0.3 is 0 Å². The number of fused-ring (bicyclic) bond motifs is 3. The number of hydrogen-bond acceptors (Lipinski definition) is 5. The first kappa shape index (κ1) is 13.7. The van der Waals surface area contributed by atoms with Gasteiger partial charge in [-0.15, -0.1) is 10.2 Å². The Balaban J connectivity index is 1.94. The number of furan rings is 1. The molecule has 2 heterocycles. The van der Waals surface area contributed by atoms with E-state index in [1.54, 1.807) is 6.21 Å². The number of phenols is 1. The Morgan fingerprint density at radius 2 is 2.05 bits per heavy atom. The number of aromatic nitrogens is 3. The highest BCUT2D eigenvalue weighted by atomic mass is 127. The van der Waals surface area contributed by atoms with E-state index in [0.29, 0.717) is 5.56 Å². The first-order chi connectivity index (χ1) is 10.7. The Labute approximate surface area is 140 Å². The minimum absolute atomic E-state index is 0.235. The second kappa shape index (κ2) is 5.38. The number of rotatable bonds is 2. The Kier molecular flexibility index (Phi) is 3.36. The third-order valence-corrected chi connectivity index (χ3v) is 4.76. The predicted octanol–water partition coefficient (Wildman–Crippen LogP) is 3.10. The van der Waals surface area contributed by atoms with Crippen LogP contribution in [0.15, 0.2) is 28.2 Å². The molecule has 2 aromatic heterocycles. The Hall–Kier alpha value is -1.90. The van der Waals surface area contributed by atoms with Gasteiger partial charge in [0.2, 0.25) is 0 Å². The van der Waals surface area contributed by atoms with Crippen molar-refractivity contribution in [3.63, 3.8) is 0 Å². The Morgan fingerprint density at radius 3 is 2.86 bits per heavy atom. The number of phenolic OH excluding ortho intramolecular Hbond substituents is 1. The van der Waals surface area contributed by atoms with Crippen LogP contribution in [0.2, 0.25) is 0 Å². The van der Waals surface area contributed by atoms with Gasteiger partial charge in [0.1, 0.15) is 29.7 Å². The van der Waals surface area contributed by atoms with E-state index in [1.165, 1.54) is 22.9 Å². The van der Waals surface area contributed by atoms with E-state index in [-0.39, 0.29) is 5.75 Å². The molecule has 0 unspecified atom stereocenters. The third kappa shape index (κ3) is 2.20. The lowest BCUT2D eigenvalue weighted by molar-refractivity contribution is 0.470. The summed E-state index contributed by atoms with van der Waals surface area (Å²) in [7, 11) is 0. The fraction of sp³-hybridized carbons (Fsp3) is 0.267. The van der Waals surface area contributed by atoms with Gasteiger partial charge in [-0.25, -0.2) is 4.68 Å². The molecule has 6 nitrogen and oxygen atoms in total. The number of benzene rings is 1. The highest BCUT2D eigenvalue weighted by Gasteiger charge is 2.22. The third-order valence-electron chi connectivity index (χ3n) is 3.93. The van der Waals surface area contributed by atoms with Gasteiger partial charge in [-0.1, -0.05) is 0 Å². The summed E-state index contributed by atoms with van der Waals surface area (Å²) in [5, 5.41) is 23.1. The zero-order chi connectivity index (χ0) is 15.1. The van der Waals surface area contributed by atoms with Crippen molar-refractivity contribution in [2.75, 3.05) is 0 Å². The number of aryl methyl sites for hydroxylation is 2.